The second-order valence-electron chi connectivity index (χ2n) is 5.44. The maximum Gasteiger partial charge on any atom is 0.296 e. The summed E-state index contributed by atoms with van der Waals surface area (Å²) in [5, 5.41) is 2.49. The SMILES string of the molecule is CC(=O)Nc1cccc2c1C(=O)c1ccc(S(=O)(=O)O)c(N)c1C2=O. The predicted octanol–water partition coefficient (Wildman–Crippen LogP) is 1.25. The number of anilines is 2. The Morgan fingerprint density at radius 3 is 2.24 bits per heavy atom. The van der Waals surface area contributed by atoms with Crippen LogP contribution in [0.25, 0.3) is 0 Å². The van der Waals surface area contributed by atoms with Gasteiger partial charge in [-0.05, 0) is 18.2 Å². The van der Waals surface area contributed by atoms with E-state index in [1.54, 1.807) is 0 Å². The van der Waals surface area contributed by atoms with Gasteiger partial charge in [0.05, 0.1) is 22.5 Å². The second-order valence-corrected chi connectivity index (χ2v) is 6.83. The molecule has 0 fully saturated rings. The molecule has 128 valence electrons. The summed E-state index contributed by atoms with van der Waals surface area (Å²) in [4.78, 5) is 36.2. The van der Waals surface area contributed by atoms with Crippen LogP contribution >= 0.6 is 0 Å². The summed E-state index contributed by atoms with van der Waals surface area (Å²) in [5.74, 6) is -1.66. The van der Waals surface area contributed by atoms with E-state index in [0.29, 0.717) is 0 Å². The van der Waals surface area contributed by atoms with Gasteiger partial charge in [0.25, 0.3) is 10.1 Å². The molecule has 3 rings (SSSR count). The van der Waals surface area contributed by atoms with Gasteiger partial charge in [-0.3, -0.25) is 18.9 Å². The molecule has 0 unspecified atom stereocenters. The van der Waals surface area contributed by atoms with Crippen molar-refractivity contribution in [2.45, 2.75) is 11.8 Å². The van der Waals surface area contributed by atoms with Crippen LogP contribution in [-0.2, 0) is 14.9 Å². The van der Waals surface area contributed by atoms with E-state index in [-0.39, 0.29) is 27.9 Å². The van der Waals surface area contributed by atoms with Crippen LogP contribution in [0.3, 0.4) is 0 Å². The van der Waals surface area contributed by atoms with Crippen LogP contribution in [0.5, 0.6) is 0 Å². The lowest BCUT2D eigenvalue weighted by Crippen LogP contribution is -2.25. The van der Waals surface area contributed by atoms with Gasteiger partial charge in [0.15, 0.2) is 11.6 Å². The Morgan fingerprint density at radius 1 is 1.04 bits per heavy atom. The largest absolute Gasteiger partial charge is 0.397 e. The lowest BCUT2D eigenvalue weighted by Gasteiger charge is -2.22. The van der Waals surface area contributed by atoms with Crippen molar-refractivity contribution in [3.05, 3.63) is 52.6 Å². The molecule has 4 N–H and O–H groups in total. The summed E-state index contributed by atoms with van der Waals surface area (Å²) in [6, 6.07) is 6.40. The molecule has 1 amide bonds. The van der Waals surface area contributed by atoms with E-state index >= 15 is 0 Å². The molecule has 0 aromatic heterocycles. The fourth-order valence-electron chi connectivity index (χ4n) is 2.81. The van der Waals surface area contributed by atoms with E-state index in [1.165, 1.54) is 25.1 Å². The smallest absolute Gasteiger partial charge is 0.296 e. The molecule has 2 aromatic rings. The summed E-state index contributed by atoms with van der Waals surface area (Å²) in [6.45, 7) is 1.26. The molecule has 25 heavy (non-hydrogen) atoms. The van der Waals surface area contributed by atoms with Crippen molar-refractivity contribution in [2.24, 2.45) is 0 Å². The molecule has 9 heteroatoms. The number of ketones is 2. The Labute approximate surface area is 142 Å². The van der Waals surface area contributed by atoms with Crippen molar-refractivity contribution in [3.63, 3.8) is 0 Å². The minimum absolute atomic E-state index is 0.00852. The van der Waals surface area contributed by atoms with Gasteiger partial charge in [-0.25, -0.2) is 0 Å². The van der Waals surface area contributed by atoms with E-state index in [4.69, 9.17) is 5.73 Å². The van der Waals surface area contributed by atoms with Crippen LogP contribution in [0.15, 0.2) is 35.2 Å². The highest BCUT2D eigenvalue weighted by Gasteiger charge is 2.35. The first-order valence-electron chi connectivity index (χ1n) is 7.03. The number of rotatable bonds is 2. The third-order valence-electron chi connectivity index (χ3n) is 3.80. The molecule has 8 nitrogen and oxygen atoms in total. The second kappa shape index (κ2) is 5.50. The average Bonchev–Trinajstić information content (AvgIpc) is 2.50. The van der Waals surface area contributed by atoms with Crippen molar-refractivity contribution in [1.29, 1.82) is 0 Å². The van der Waals surface area contributed by atoms with Gasteiger partial charge in [-0.1, -0.05) is 12.1 Å². The maximum atomic E-state index is 12.8. The first-order valence-corrected chi connectivity index (χ1v) is 8.47. The van der Waals surface area contributed by atoms with Gasteiger partial charge in [-0.15, -0.1) is 0 Å². The van der Waals surface area contributed by atoms with Crippen LogP contribution in [0.2, 0.25) is 0 Å². The third-order valence-corrected chi connectivity index (χ3v) is 4.71. The molecule has 0 saturated heterocycles. The van der Waals surface area contributed by atoms with E-state index in [0.717, 1.165) is 12.1 Å². The van der Waals surface area contributed by atoms with Crippen LogP contribution in [0.4, 0.5) is 11.4 Å². The van der Waals surface area contributed by atoms with Gasteiger partial charge in [0.1, 0.15) is 4.90 Å². The summed E-state index contributed by atoms with van der Waals surface area (Å²) in [5.41, 5.74) is 5.03. The molecule has 0 spiro atoms. The Hall–Kier alpha value is -3.04. The van der Waals surface area contributed by atoms with Crippen molar-refractivity contribution in [1.82, 2.24) is 0 Å². The molecule has 0 radical (unpaired) electrons. The number of nitrogens with two attached hydrogens (primary N) is 1. The van der Waals surface area contributed by atoms with Crippen LogP contribution in [0.1, 0.15) is 38.8 Å². The number of hydrogen-bond acceptors (Lipinski definition) is 6. The number of nitrogens with one attached hydrogen (secondary N) is 1. The molecule has 0 atom stereocenters. The highest BCUT2D eigenvalue weighted by atomic mass is 32.2. The first-order chi connectivity index (χ1) is 11.6. The lowest BCUT2D eigenvalue weighted by atomic mass is 9.82. The number of hydrogen-bond donors (Lipinski definition) is 3. The van der Waals surface area contributed by atoms with E-state index in [2.05, 4.69) is 5.32 Å². The van der Waals surface area contributed by atoms with Gasteiger partial charge in [0, 0.05) is 18.1 Å². The molecular weight excluding hydrogens is 348 g/mol. The topological polar surface area (TPSA) is 144 Å². The quantitative estimate of drug-likeness (QED) is 0.461. The Kier molecular flexibility index (Phi) is 3.70. The van der Waals surface area contributed by atoms with Crippen molar-refractivity contribution in [2.75, 3.05) is 11.1 Å². The van der Waals surface area contributed by atoms with Crippen LogP contribution in [0, 0.1) is 0 Å². The molecule has 0 aliphatic heterocycles. The first kappa shape index (κ1) is 16.8. The van der Waals surface area contributed by atoms with Gasteiger partial charge < -0.3 is 11.1 Å². The molecule has 1 aliphatic rings. The van der Waals surface area contributed by atoms with Crippen molar-refractivity contribution in [3.8, 4) is 0 Å². The minimum atomic E-state index is -4.65. The van der Waals surface area contributed by atoms with Crippen LogP contribution in [-0.4, -0.2) is 30.4 Å². The number of nitrogen functional groups attached to an aromatic ring is 1. The number of carbonyl (C=O) groups excluding carboxylic acids is 3. The van der Waals surface area contributed by atoms with Gasteiger partial charge in [0.2, 0.25) is 5.91 Å². The summed E-state index contributed by atoms with van der Waals surface area (Å²) < 4.78 is 32.0. The highest BCUT2D eigenvalue weighted by Crippen LogP contribution is 2.36. The van der Waals surface area contributed by atoms with Crippen molar-refractivity contribution < 1.29 is 27.4 Å². The van der Waals surface area contributed by atoms with E-state index < -0.39 is 38.2 Å². The average molecular weight is 360 g/mol. The summed E-state index contributed by atoms with van der Waals surface area (Å²) in [7, 11) is -4.65. The highest BCUT2D eigenvalue weighted by molar-refractivity contribution is 7.86. The molecule has 1 aliphatic carbocycles. The number of carbonyl (C=O) groups is 3. The number of amides is 1. The predicted molar refractivity (Wildman–Crippen MR) is 88.3 cm³/mol. The molecule has 0 bridgehead atoms. The maximum absolute atomic E-state index is 12.8. The zero-order valence-corrected chi connectivity index (χ0v) is 13.7. The minimum Gasteiger partial charge on any atom is -0.397 e. The van der Waals surface area contributed by atoms with Gasteiger partial charge in [-0.2, -0.15) is 8.42 Å². The lowest BCUT2D eigenvalue weighted by molar-refractivity contribution is -0.114. The molecule has 0 heterocycles. The Morgan fingerprint density at radius 2 is 1.64 bits per heavy atom. The normalized spacial score (nSPS) is 13.2. The van der Waals surface area contributed by atoms with E-state index in [9.17, 15) is 27.4 Å². The molecular formula is C16H12N2O6S. The zero-order chi connectivity index (χ0) is 18.5. The Bertz CT molecular complexity index is 1070. The summed E-state index contributed by atoms with van der Waals surface area (Å²) >= 11 is 0. The molecule has 0 saturated carbocycles. The zero-order valence-electron chi connectivity index (χ0n) is 12.9. The van der Waals surface area contributed by atoms with Gasteiger partial charge >= 0.3 is 0 Å². The molecule has 2 aromatic carbocycles. The Balaban J connectivity index is 2.30. The summed E-state index contributed by atoms with van der Waals surface area (Å²) in [6.07, 6.45) is 0. The number of fused-ring (bicyclic) bond motifs is 2. The monoisotopic (exact) mass is 360 g/mol. The fourth-order valence-corrected chi connectivity index (χ4v) is 3.43. The van der Waals surface area contributed by atoms with E-state index in [1.807, 2.05) is 0 Å². The van der Waals surface area contributed by atoms with Crippen LogP contribution < -0.4 is 11.1 Å². The fraction of sp³-hybridized carbons (Fsp3) is 0.0625. The van der Waals surface area contributed by atoms with Crippen molar-refractivity contribution >= 4 is 39.0 Å². The number of benzene rings is 2. The standard InChI is InChI=1S/C16H12N2O6S/c1-7(19)18-10-4-2-3-8-12(10)15(20)9-5-6-11(25(22,23)24)14(17)13(9)16(8)21/h2-6H,17H2,1H3,(H,18,19)(H,22,23,24). The third kappa shape index (κ3) is 2.59.